The molecule has 0 amide bonds. The summed E-state index contributed by atoms with van der Waals surface area (Å²) in [6.45, 7) is 8.74. The predicted molar refractivity (Wildman–Crippen MR) is 52.6 cm³/mol. The third-order valence-electron chi connectivity index (χ3n) is 2.89. The molecule has 2 nitrogen and oxygen atoms in total. The Kier molecular flexibility index (Phi) is 3.12. The molecule has 0 aromatic heterocycles. The molecule has 1 fully saturated rings. The molecule has 0 spiro atoms. The Bertz CT molecular complexity index is 188. The van der Waals surface area contributed by atoms with E-state index in [-0.39, 0.29) is 17.4 Å². The maximum absolute atomic E-state index is 11.9. The lowest BCUT2D eigenvalue weighted by Crippen LogP contribution is -2.39. The van der Waals surface area contributed by atoms with Crippen LogP contribution in [0.5, 0.6) is 0 Å². The molecule has 1 saturated heterocycles. The number of carbonyl (C=O) groups excluding carboxylic acids is 1. The van der Waals surface area contributed by atoms with Crippen molar-refractivity contribution in [1.29, 1.82) is 0 Å². The van der Waals surface area contributed by atoms with E-state index in [1.807, 2.05) is 27.7 Å². The van der Waals surface area contributed by atoms with Gasteiger partial charge in [-0.05, 0) is 12.8 Å². The fourth-order valence-corrected chi connectivity index (χ4v) is 2.05. The molecule has 0 aromatic rings. The fraction of sp³-hybridized carbons (Fsp3) is 0.909. The van der Waals surface area contributed by atoms with Crippen LogP contribution in [0.15, 0.2) is 0 Å². The summed E-state index contributed by atoms with van der Waals surface area (Å²) >= 11 is 0. The Morgan fingerprint density at radius 2 is 2.08 bits per heavy atom. The Balaban J connectivity index is 2.68. The molecule has 1 atom stereocenters. The van der Waals surface area contributed by atoms with E-state index >= 15 is 0 Å². The first kappa shape index (κ1) is 10.7. The highest BCUT2D eigenvalue weighted by Gasteiger charge is 2.39. The van der Waals surface area contributed by atoms with E-state index < -0.39 is 0 Å². The zero-order chi connectivity index (χ0) is 10.1. The molecule has 2 heteroatoms. The number of hydrogen-bond acceptors (Lipinski definition) is 2. The van der Waals surface area contributed by atoms with Gasteiger partial charge >= 0.3 is 0 Å². The van der Waals surface area contributed by atoms with Gasteiger partial charge in [0.05, 0.1) is 6.10 Å². The van der Waals surface area contributed by atoms with Crippen LogP contribution in [0.2, 0.25) is 0 Å². The molecular weight excluding hydrogens is 164 g/mol. The monoisotopic (exact) mass is 184 g/mol. The van der Waals surface area contributed by atoms with E-state index in [9.17, 15) is 4.79 Å². The maximum atomic E-state index is 11.9. The van der Waals surface area contributed by atoms with Crippen LogP contribution in [-0.2, 0) is 9.53 Å². The van der Waals surface area contributed by atoms with Crippen LogP contribution in [-0.4, -0.2) is 18.5 Å². The molecule has 0 bridgehead atoms. The van der Waals surface area contributed by atoms with Crippen molar-refractivity contribution >= 4 is 5.78 Å². The highest BCUT2D eigenvalue weighted by atomic mass is 16.5. The van der Waals surface area contributed by atoms with Gasteiger partial charge in [0.15, 0.2) is 0 Å². The van der Waals surface area contributed by atoms with E-state index in [0.29, 0.717) is 5.78 Å². The van der Waals surface area contributed by atoms with Gasteiger partial charge in [0.1, 0.15) is 5.78 Å². The first-order chi connectivity index (χ1) is 5.96. The van der Waals surface area contributed by atoms with Crippen molar-refractivity contribution in [3.8, 4) is 0 Å². The maximum Gasteiger partial charge on any atom is 0.143 e. The lowest BCUT2D eigenvalue weighted by molar-refractivity contribution is -0.136. The lowest BCUT2D eigenvalue weighted by atomic mass is 9.77. The summed E-state index contributed by atoms with van der Waals surface area (Å²) in [5.41, 5.74) is -0.301. The molecule has 1 unspecified atom stereocenters. The van der Waals surface area contributed by atoms with Gasteiger partial charge in [-0.15, -0.1) is 0 Å². The van der Waals surface area contributed by atoms with Crippen molar-refractivity contribution in [1.82, 2.24) is 0 Å². The minimum atomic E-state index is -0.301. The van der Waals surface area contributed by atoms with Gasteiger partial charge in [0.2, 0.25) is 0 Å². The van der Waals surface area contributed by atoms with Gasteiger partial charge in [0.25, 0.3) is 0 Å². The number of ether oxygens (including phenoxy) is 1. The Hall–Kier alpha value is -0.370. The fourth-order valence-electron chi connectivity index (χ4n) is 2.05. The summed E-state index contributed by atoms with van der Waals surface area (Å²) in [4.78, 5) is 11.9. The Morgan fingerprint density at radius 3 is 2.46 bits per heavy atom. The second kappa shape index (κ2) is 3.79. The first-order valence-electron chi connectivity index (χ1n) is 5.12. The van der Waals surface area contributed by atoms with Crippen LogP contribution in [0.4, 0.5) is 0 Å². The van der Waals surface area contributed by atoms with Crippen molar-refractivity contribution in [3.63, 3.8) is 0 Å². The molecule has 1 aliphatic heterocycles. The van der Waals surface area contributed by atoms with Gasteiger partial charge in [-0.1, -0.05) is 27.7 Å². The smallest absolute Gasteiger partial charge is 0.143 e. The average Bonchev–Trinajstić information content (AvgIpc) is 2.54. The van der Waals surface area contributed by atoms with Crippen molar-refractivity contribution in [2.24, 2.45) is 11.3 Å². The van der Waals surface area contributed by atoms with Crippen LogP contribution in [0.1, 0.15) is 40.5 Å². The van der Waals surface area contributed by atoms with Gasteiger partial charge in [-0.3, -0.25) is 4.79 Å². The number of Topliss-reactive ketones (excluding diaryl/α,β-unsaturated/α-hetero) is 1. The lowest BCUT2D eigenvalue weighted by Gasteiger charge is -2.30. The molecule has 13 heavy (non-hydrogen) atoms. The van der Waals surface area contributed by atoms with E-state index in [1.165, 1.54) is 0 Å². The van der Waals surface area contributed by atoms with Crippen molar-refractivity contribution in [3.05, 3.63) is 0 Å². The summed E-state index contributed by atoms with van der Waals surface area (Å²) in [5, 5.41) is 0. The summed E-state index contributed by atoms with van der Waals surface area (Å²) in [5.74, 6) is 0.429. The van der Waals surface area contributed by atoms with Crippen molar-refractivity contribution < 1.29 is 9.53 Å². The molecule has 0 aliphatic carbocycles. The largest absolute Gasteiger partial charge is 0.377 e. The normalized spacial score (nSPS) is 23.9. The minimum Gasteiger partial charge on any atom is -0.377 e. The van der Waals surface area contributed by atoms with Crippen LogP contribution < -0.4 is 0 Å². The van der Waals surface area contributed by atoms with E-state index in [2.05, 4.69) is 0 Å². The summed E-state index contributed by atoms with van der Waals surface area (Å²) in [7, 11) is 0. The van der Waals surface area contributed by atoms with E-state index in [0.717, 1.165) is 19.4 Å². The average molecular weight is 184 g/mol. The molecule has 76 valence electrons. The summed E-state index contributed by atoms with van der Waals surface area (Å²) in [6.07, 6.45) is 2.27. The molecule has 0 radical (unpaired) electrons. The quantitative estimate of drug-likeness (QED) is 0.673. The zero-order valence-electron chi connectivity index (χ0n) is 9.09. The SMILES string of the molecule is CC(C)C(=O)C(C)(C)C1CCCO1. The number of rotatable bonds is 3. The number of ketones is 1. The molecule has 0 aromatic carbocycles. The van der Waals surface area contributed by atoms with Crippen LogP contribution >= 0.6 is 0 Å². The van der Waals surface area contributed by atoms with Gasteiger partial charge in [-0.25, -0.2) is 0 Å². The Morgan fingerprint density at radius 1 is 1.46 bits per heavy atom. The van der Waals surface area contributed by atoms with Crippen molar-refractivity contribution in [2.45, 2.75) is 46.6 Å². The summed E-state index contributed by atoms with van der Waals surface area (Å²) < 4.78 is 5.57. The number of carbonyl (C=O) groups is 1. The molecule has 0 saturated carbocycles. The van der Waals surface area contributed by atoms with Crippen LogP contribution in [0.3, 0.4) is 0 Å². The summed E-state index contributed by atoms with van der Waals surface area (Å²) in [6, 6.07) is 0. The van der Waals surface area contributed by atoms with Crippen molar-refractivity contribution in [2.75, 3.05) is 6.61 Å². The molecular formula is C11H20O2. The Labute approximate surface area is 80.7 Å². The van der Waals surface area contributed by atoms with Crippen LogP contribution in [0.25, 0.3) is 0 Å². The third-order valence-corrected chi connectivity index (χ3v) is 2.89. The standard InChI is InChI=1S/C11H20O2/c1-8(2)10(12)11(3,4)9-6-5-7-13-9/h8-9H,5-7H2,1-4H3. The topological polar surface area (TPSA) is 26.3 Å². The molecule has 1 aliphatic rings. The minimum absolute atomic E-state index is 0.110. The van der Waals surface area contributed by atoms with E-state index in [4.69, 9.17) is 4.74 Å². The van der Waals surface area contributed by atoms with Gasteiger partial charge in [0, 0.05) is 17.9 Å². The molecule has 1 heterocycles. The second-order valence-electron chi connectivity index (χ2n) is 4.74. The van der Waals surface area contributed by atoms with Gasteiger partial charge in [-0.2, -0.15) is 0 Å². The van der Waals surface area contributed by atoms with Gasteiger partial charge < -0.3 is 4.74 Å². The predicted octanol–water partition coefficient (Wildman–Crippen LogP) is 2.42. The van der Waals surface area contributed by atoms with E-state index in [1.54, 1.807) is 0 Å². The third kappa shape index (κ3) is 2.11. The highest BCUT2D eigenvalue weighted by molar-refractivity contribution is 5.86. The van der Waals surface area contributed by atoms with Crippen LogP contribution in [0, 0.1) is 11.3 Å². The highest BCUT2D eigenvalue weighted by Crippen LogP contribution is 2.33. The zero-order valence-corrected chi connectivity index (χ0v) is 9.09. The molecule has 1 rings (SSSR count). The number of hydrogen-bond donors (Lipinski definition) is 0. The molecule has 0 N–H and O–H groups in total. The second-order valence-corrected chi connectivity index (χ2v) is 4.74. The first-order valence-corrected chi connectivity index (χ1v) is 5.12.